The molecule has 1 aromatic heterocycles. The number of rotatable bonds is 9. The Morgan fingerprint density at radius 2 is 1.77 bits per heavy atom. The van der Waals surface area contributed by atoms with E-state index < -0.39 is 6.04 Å². The fourth-order valence-electron chi connectivity index (χ4n) is 4.21. The molecule has 2 N–H and O–H groups in total. The molecule has 0 aliphatic carbocycles. The molecule has 0 saturated carbocycles. The maximum atomic E-state index is 13.8. The third kappa shape index (κ3) is 5.84. The molecule has 3 aromatic rings. The summed E-state index contributed by atoms with van der Waals surface area (Å²) in [5.41, 5.74) is 8.48. The zero-order valence-corrected chi connectivity index (χ0v) is 20.9. The van der Waals surface area contributed by atoms with Gasteiger partial charge in [-0.2, -0.15) is 5.26 Å². The lowest BCUT2D eigenvalue weighted by atomic mass is 9.98. The van der Waals surface area contributed by atoms with E-state index in [1.165, 1.54) is 0 Å². The number of carbonyl (C=O) groups excluding carboxylic acids is 1. The van der Waals surface area contributed by atoms with Crippen molar-refractivity contribution in [1.29, 1.82) is 5.26 Å². The van der Waals surface area contributed by atoms with Crippen molar-refractivity contribution in [2.24, 2.45) is 11.7 Å². The molecule has 0 radical (unpaired) electrons. The molecule has 0 bridgehead atoms. The zero-order chi connectivity index (χ0) is 25.5. The number of nitriles is 1. The number of nitrogens with two attached hydrogens (primary N) is 1. The monoisotopic (exact) mass is 471 g/mol. The Labute approximate surface area is 206 Å². The van der Waals surface area contributed by atoms with Crippen molar-refractivity contribution in [1.82, 2.24) is 14.5 Å². The van der Waals surface area contributed by atoms with Crippen molar-refractivity contribution in [3.05, 3.63) is 98.7 Å². The summed E-state index contributed by atoms with van der Waals surface area (Å²) in [6, 6.07) is 18.6. The van der Waals surface area contributed by atoms with Crippen molar-refractivity contribution in [2.75, 3.05) is 13.1 Å². The molecular weight excluding hydrogens is 438 g/mol. The Bertz CT molecular complexity index is 1260. The molecule has 0 saturated heterocycles. The second kappa shape index (κ2) is 11.6. The summed E-state index contributed by atoms with van der Waals surface area (Å²) in [6.07, 6.45) is 0.598. The van der Waals surface area contributed by atoms with Crippen molar-refractivity contribution in [3.63, 3.8) is 0 Å². The van der Waals surface area contributed by atoms with Gasteiger partial charge in [0.05, 0.1) is 18.2 Å². The summed E-state index contributed by atoms with van der Waals surface area (Å²) < 4.78 is 1.61. The average molecular weight is 472 g/mol. The third-order valence-electron chi connectivity index (χ3n) is 6.11. The zero-order valence-electron chi connectivity index (χ0n) is 20.9. The molecule has 0 spiro atoms. The molecule has 3 rings (SSSR count). The summed E-state index contributed by atoms with van der Waals surface area (Å²) in [5.74, 6) is 0.176. The van der Waals surface area contributed by atoms with E-state index in [1.54, 1.807) is 16.4 Å². The van der Waals surface area contributed by atoms with Gasteiger partial charge in [0.2, 0.25) is 0 Å². The van der Waals surface area contributed by atoms with Crippen LogP contribution < -0.4 is 11.3 Å². The van der Waals surface area contributed by atoms with E-state index >= 15 is 0 Å². The fraction of sp³-hybridized carbons (Fsp3) is 0.357. The second-order valence-corrected chi connectivity index (χ2v) is 9.13. The minimum Gasteiger partial charge on any atom is -0.330 e. The quantitative estimate of drug-likeness (QED) is 0.508. The predicted octanol–water partition coefficient (Wildman–Crippen LogP) is 3.97. The summed E-state index contributed by atoms with van der Waals surface area (Å²) in [4.78, 5) is 33.6. The van der Waals surface area contributed by atoms with Crippen LogP contribution in [0.2, 0.25) is 0 Å². The van der Waals surface area contributed by atoms with E-state index in [9.17, 15) is 14.9 Å². The topological polar surface area (TPSA) is 105 Å². The number of carbonyl (C=O) groups is 1. The smallest absolute Gasteiger partial charge is 0.258 e. The molecule has 2 aromatic carbocycles. The van der Waals surface area contributed by atoms with Crippen molar-refractivity contribution in [3.8, 4) is 6.07 Å². The molecule has 182 valence electrons. The molecule has 35 heavy (non-hydrogen) atoms. The normalized spacial score (nSPS) is 11.8. The van der Waals surface area contributed by atoms with Gasteiger partial charge in [-0.15, -0.1) is 0 Å². The minimum atomic E-state index is -0.528. The van der Waals surface area contributed by atoms with Gasteiger partial charge in [-0.1, -0.05) is 61.9 Å². The van der Waals surface area contributed by atoms with Crippen molar-refractivity contribution < 1.29 is 4.79 Å². The highest BCUT2D eigenvalue weighted by Gasteiger charge is 2.33. The third-order valence-corrected chi connectivity index (χ3v) is 6.11. The van der Waals surface area contributed by atoms with Gasteiger partial charge < -0.3 is 10.6 Å². The number of aryl methyl sites for hydroxylation is 1. The Morgan fingerprint density at radius 1 is 1.11 bits per heavy atom. The highest BCUT2D eigenvalue weighted by molar-refractivity contribution is 5.94. The van der Waals surface area contributed by atoms with Gasteiger partial charge in [-0.05, 0) is 50.4 Å². The van der Waals surface area contributed by atoms with Gasteiger partial charge in [0.15, 0.2) is 5.69 Å². The largest absolute Gasteiger partial charge is 0.330 e. The molecule has 1 amide bonds. The first-order valence-corrected chi connectivity index (χ1v) is 11.9. The Kier molecular flexibility index (Phi) is 8.56. The number of amides is 1. The summed E-state index contributed by atoms with van der Waals surface area (Å²) >= 11 is 0. The van der Waals surface area contributed by atoms with Crippen LogP contribution in [0.3, 0.4) is 0 Å². The maximum absolute atomic E-state index is 13.8. The molecular formula is C28H33N5O2. The summed E-state index contributed by atoms with van der Waals surface area (Å²) in [6.45, 7) is 8.70. The summed E-state index contributed by atoms with van der Waals surface area (Å²) in [7, 11) is 0. The number of aromatic nitrogens is 2. The van der Waals surface area contributed by atoms with Gasteiger partial charge in [-0.3, -0.25) is 14.2 Å². The van der Waals surface area contributed by atoms with Crippen LogP contribution in [0, 0.1) is 31.1 Å². The molecule has 1 heterocycles. The second-order valence-electron chi connectivity index (χ2n) is 9.13. The lowest BCUT2D eigenvalue weighted by molar-refractivity contribution is 0.0602. The Morgan fingerprint density at radius 3 is 2.34 bits per heavy atom. The first kappa shape index (κ1) is 25.9. The van der Waals surface area contributed by atoms with Crippen LogP contribution in [0.15, 0.2) is 59.4 Å². The Hall–Kier alpha value is -3.76. The molecule has 0 fully saturated rings. The van der Waals surface area contributed by atoms with Gasteiger partial charge in [0.1, 0.15) is 11.9 Å². The van der Waals surface area contributed by atoms with E-state index in [0.717, 1.165) is 11.1 Å². The molecule has 0 aliphatic rings. The van der Waals surface area contributed by atoms with Crippen LogP contribution >= 0.6 is 0 Å². The summed E-state index contributed by atoms with van der Waals surface area (Å²) in [5, 5.41) is 9.70. The van der Waals surface area contributed by atoms with Gasteiger partial charge in [0.25, 0.3) is 11.5 Å². The van der Waals surface area contributed by atoms with Crippen molar-refractivity contribution >= 4 is 5.91 Å². The van der Waals surface area contributed by atoms with Crippen LogP contribution in [0.1, 0.15) is 64.9 Å². The van der Waals surface area contributed by atoms with E-state index in [4.69, 9.17) is 5.73 Å². The van der Waals surface area contributed by atoms with E-state index in [-0.39, 0.29) is 23.1 Å². The molecule has 7 heteroatoms. The van der Waals surface area contributed by atoms with Crippen LogP contribution in [-0.2, 0) is 6.54 Å². The maximum Gasteiger partial charge on any atom is 0.258 e. The standard InChI is InChI=1S/C28H33N5O2/c1-19(2)25(32(16-8-15-29)28(35)23-13-11-20(3)12-14-23)26-31-24(17-30)21(4)27(34)33(26)18-22-9-6-5-7-10-22/h5-7,9-14,19,25H,8,15-16,18,29H2,1-4H3. The van der Waals surface area contributed by atoms with Crippen molar-refractivity contribution in [2.45, 2.75) is 46.7 Å². The van der Waals surface area contributed by atoms with E-state index in [1.807, 2.05) is 75.4 Å². The number of hydrogen-bond acceptors (Lipinski definition) is 5. The lowest BCUT2D eigenvalue weighted by Gasteiger charge is -2.35. The highest BCUT2D eigenvalue weighted by atomic mass is 16.2. The van der Waals surface area contributed by atoms with Gasteiger partial charge >= 0.3 is 0 Å². The molecule has 0 aliphatic heterocycles. The predicted molar refractivity (Wildman–Crippen MR) is 137 cm³/mol. The minimum absolute atomic E-state index is 0.0784. The highest BCUT2D eigenvalue weighted by Crippen LogP contribution is 2.30. The van der Waals surface area contributed by atoms with Crippen LogP contribution in [0.5, 0.6) is 0 Å². The molecule has 7 nitrogen and oxygen atoms in total. The van der Waals surface area contributed by atoms with Gasteiger partial charge in [0, 0.05) is 12.1 Å². The Balaban J connectivity index is 2.21. The van der Waals surface area contributed by atoms with Gasteiger partial charge in [-0.25, -0.2) is 4.98 Å². The van der Waals surface area contributed by atoms with E-state index in [0.29, 0.717) is 43.0 Å². The first-order valence-electron chi connectivity index (χ1n) is 11.9. The van der Waals surface area contributed by atoms with Crippen LogP contribution in [0.25, 0.3) is 0 Å². The molecule has 1 unspecified atom stereocenters. The van der Waals surface area contributed by atoms with E-state index in [2.05, 4.69) is 11.1 Å². The SMILES string of the molecule is Cc1ccc(C(=O)N(CCCN)C(c2nc(C#N)c(C)c(=O)n2Cc2ccccc2)C(C)C)cc1. The first-order chi connectivity index (χ1) is 16.8. The number of benzene rings is 2. The van der Waals surface area contributed by atoms with Crippen LogP contribution in [-0.4, -0.2) is 33.4 Å². The molecule has 1 atom stereocenters. The van der Waals surface area contributed by atoms with Crippen LogP contribution in [0.4, 0.5) is 0 Å². The lowest BCUT2D eigenvalue weighted by Crippen LogP contribution is -2.43. The number of nitrogens with zero attached hydrogens (tertiary/aromatic N) is 4. The average Bonchev–Trinajstić information content (AvgIpc) is 2.86. The fourth-order valence-corrected chi connectivity index (χ4v) is 4.21. The number of hydrogen-bond donors (Lipinski definition) is 1.